The third kappa shape index (κ3) is 3.41. The van der Waals surface area contributed by atoms with Crippen molar-refractivity contribution in [1.29, 1.82) is 0 Å². The maximum absolute atomic E-state index is 11.9. The molecular formula is C12H23NO. The Kier molecular flexibility index (Phi) is 4.59. The fraction of sp³-hybridized carbons (Fsp3) is 0.917. The highest BCUT2D eigenvalue weighted by Gasteiger charge is 2.22. The third-order valence-electron chi connectivity index (χ3n) is 3.35. The Morgan fingerprint density at radius 1 is 1.29 bits per heavy atom. The maximum Gasteiger partial charge on any atom is 0.149 e. The van der Waals surface area contributed by atoms with Gasteiger partial charge in [0.05, 0.1) is 6.54 Å². The lowest BCUT2D eigenvalue weighted by Gasteiger charge is -2.25. The Hall–Kier alpha value is -0.370. The van der Waals surface area contributed by atoms with Gasteiger partial charge < -0.3 is 0 Å². The van der Waals surface area contributed by atoms with Gasteiger partial charge in [-0.2, -0.15) is 0 Å². The van der Waals surface area contributed by atoms with Crippen molar-refractivity contribution in [3.8, 4) is 0 Å². The Morgan fingerprint density at radius 3 is 2.36 bits per heavy atom. The standard InChI is InChI=1S/C12H23NO/c1-10(2)13(3)9-12(14)11-7-5-4-6-8-11/h10-11H,4-9H2,1-3H3. The molecule has 0 unspecified atom stereocenters. The fourth-order valence-corrected chi connectivity index (χ4v) is 1.98. The molecule has 2 heteroatoms. The van der Waals surface area contributed by atoms with E-state index in [9.17, 15) is 4.79 Å². The first kappa shape index (κ1) is 11.7. The molecule has 0 N–H and O–H groups in total. The lowest BCUT2D eigenvalue weighted by Crippen LogP contribution is -2.35. The van der Waals surface area contributed by atoms with Gasteiger partial charge in [-0.05, 0) is 33.7 Å². The molecule has 0 bridgehead atoms. The molecule has 1 saturated carbocycles. The zero-order valence-corrected chi connectivity index (χ0v) is 9.75. The van der Waals surface area contributed by atoms with Crippen LogP contribution in [0.4, 0.5) is 0 Å². The van der Waals surface area contributed by atoms with Crippen LogP contribution >= 0.6 is 0 Å². The molecule has 0 heterocycles. The smallest absolute Gasteiger partial charge is 0.149 e. The molecule has 0 aromatic rings. The number of hydrogen-bond donors (Lipinski definition) is 0. The number of carbonyl (C=O) groups excluding carboxylic acids is 1. The SMILES string of the molecule is CC(C)N(C)CC(=O)C1CCCCC1. The molecule has 1 aliphatic rings. The number of nitrogens with zero attached hydrogens (tertiary/aromatic N) is 1. The van der Waals surface area contributed by atoms with Crippen LogP contribution in [0.3, 0.4) is 0 Å². The minimum Gasteiger partial charge on any atom is -0.298 e. The highest BCUT2D eigenvalue weighted by atomic mass is 16.1. The van der Waals surface area contributed by atoms with Crippen molar-refractivity contribution < 1.29 is 4.79 Å². The summed E-state index contributed by atoms with van der Waals surface area (Å²) in [5, 5.41) is 0. The van der Waals surface area contributed by atoms with Crippen LogP contribution in [-0.2, 0) is 4.79 Å². The predicted molar refractivity (Wildman–Crippen MR) is 59.3 cm³/mol. The summed E-state index contributed by atoms with van der Waals surface area (Å²) >= 11 is 0. The van der Waals surface area contributed by atoms with Gasteiger partial charge in [-0.1, -0.05) is 19.3 Å². The van der Waals surface area contributed by atoms with E-state index in [1.807, 2.05) is 7.05 Å². The van der Waals surface area contributed by atoms with E-state index < -0.39 is 0 Å². The van der Waals surface area contributed by atoms with E-state index in [0.717, 1.165) is 12.8 Å². The van der Waals surface area contributed by atoms with E-state index in [1.165, 1.54) is 19.3 Å². The molecule has 1 fully saturated rings. The van der Waals surface area contributed by atoms with Crippen molar-refractivity contribution in [2.75, 3.05) is 13.6 Å². The summed E-state index contributed by atoms with van der Waals surface area (Å²) in [6.45, 7) is 4.91. The van der Waals surface area contributed by atoms with Gasteiger partial charge >= 0.3 is 0 Å². The second-order valence-corrected chi connectivity index (χ2v) is 4.81. The zero-order chi connectivity index (χ0) is 10.6. The molecule has 1 aliphatic carbocycles. The number of likely N-dealkylation sites (N-methyl/N-ethyl adjacent to an activating group) is 1. The minimum absolute atomic E-state index is 0.366. The molecular weight excluding hydrogens is 174 g/mol. The number of rotatable bonds is 4. The molecule has 0 spiro atoms. The molecule has 82 valence electrons. The van der Waals surface area contributed by atoms with Crippen molar-refractivity contribution in [1.82, 2.24) is 4.90 Å². The zero-order valence-electron chi connectivity index (χ0n) is 9.75. The van der Waals surface area contributed by atoms with E-state index in [0.29, 0.717) is 24.3 Å². The van der Waals surface area contributed by atoms with Gasteiger partial charge in [0.1, 0.15) is 5.78 Å². The maximum atomic E-state index is 11.9. The number of Topliss-reactive ketones (excluding diaryl/α,β-unsaturated/α-hetero) is 1. The number of carbonyl (C=O) groups is 1. The van der Waals surface area contributed by atoms with Gasteiger partial charge in [0, 0.05) is 12.0 Å². The Labute approximate surface area is 87.7 Å². The lowest BCUT2D eigenvalue weighted by atomic mass is 9.86. The molecule has 0 saturated heterocycles. The quantitative estimate of drug-likeness (QED) is 0.690. The molecule has 0 radical (unpaired) electrons. The van der Waals surface area contributed by atoms with Crippen LogP contribution in [0.5, 0.6) is 0 Å². The van der Waals surface area contributed by atoms with Crippen molar-refractivity contribution in [3.05, 3.63) is 0 Å². The van der Waals surface area contributed by atoms with Gasteiger partial charge in [-0.3, -0.25) is 9.69 Å². The number of hydrogen-bond acceptors (Lipinski definition) is 2. The Balaban J connectivity index is 2.33. The molecule has 1 rings (SSSR count). The van der Waals surface area contributed by atoms with Gasteiger partial charge in [0.15, 0.2) is 0 Å². The summed E-state index contributed by atoms with van der Waals surface area (Å²) in [7, 11) is 2.03. The monoisotopic (exact) mass is 197 g/mol. The first-order chi connectivity index (χ1) is 6.61. The summed E-state index contributed by atoms with van der Waals surface area (Å²) in [5.41, 5.74) is 0. The van der Waals surface area contributed by atoms with Gasteiger partial charge in [0.2, 0.25) is 0 Å². The average Bonchev–Trinajstić information content (AvgIpc) is 2.19. The summed E-state index contributed by atoms with van der Waals surface area (Å²) in [5.74, 6) is 0.825. The predicted octanol–water partition coefficient (Wildman–Crippen LogP) is 2.48. The van der Waals surface area contributed by atoms with E-state index in [1.54, 1.807) is 0 Å². The Bertz CT molecular complexity index is 183. The summed E-state index contributed by atoms with van der Waals surface area (Å²) in [6, 6.07) is 0.475. The van der Waals surface area contributed by atoms with E-state index in [4.69, 9.17) is 0 Å². The largest absolute Gasteiger partial charge is 0.298 e. The normalized spacial score (nSPS) is 19.2. The van der Waals surface area contributed by atoms with Gasteiger partial charge in [-0.15, -0.1) is 0 Å². The van der Waals surface area contributed by atoms with Crippen LogP contribution in [0.15, 0.2) is 0 Å². The molecule has 0 aromatic carbocycles. The van der Waals surface area contributed by atoms with E-state index in [-0.39, 0.29) is 0 Å². The average molecular weight is 197 g/mol. The molecule has 2 nitrogen and oxygen atoms in total. The highest BCUT2D eigenvalue weighted by Crippen LogP contribution is 2.24. The Morgan fingerprint density at radius 2 is 1.86 bits per heavy atom. The first-order valence-corrected chi connectivity index (χ1v) is 5.84. The summed E-state index contributed by atoms with van der Waals surface area (Å²) in [4.78, 5) is 14.0. The van der Waals surface area contributed by atoms with Crippen LogP contribution in [0, 0.1) is 5.92 Å². The van der Waals surface area contributed by atoms with Crippen molar-refractivity contribution >= 4 is 5.78 Å². The minimum atomic E-state index is 0.366. The van der Waals surface area contributed by atoms with Crippen LogP contribution in [0.2, 0.25) is 0 Å². The molecule has 0 amide bonds. The van der Waals surface area contributed by atoms with E-state index in [2.05, 4.69) is 18.7 Å². The first-order valence-electron chi connectivity index (χ1n) is 5.84. The number of ketones is 1. The summed E-state index contributed by atoms with van der Waals surface area (Å²) < 4.78 is 0. The second kappa shape index (κ2) is 5.50. The third-order valence-corrected chi connectivity index (χ3v) is 3.35. The summed E-state index contributed by atoms with van der Waals surface area (Å²) in [6.07, 6.45) is 6.09. The van der Waals surface area contributed by atoms with Crippen LogP contribution in [0.25, 0.3) is 0 Å². The van der Waals surface area contributed by atoms with Gasteiger partial charge in [0.25, 0.3) is 0 Å². The second-order valence-electron chi connectivity index (χ2n) is 4.81. The molecule has 14 heavy (non-hydrogen) atoms. The highest BCUT2D eigenvalue weighted by molar-refractivity contribution is 5.83. The molecule has 0 aliphatic heterocycles. The van der Waals surface area contributed by atoms with Crippen LogP contribution in [-0.4, -0.2) is 30.3 Å². The molecule has 0 atom stereocenters. The van der Waals surface area contributed by atoms with Crippen molar-refractivity contribution in [3.63, 3.8) is 0 Å². The van der Waals surface area contributed by atoms with Crippen molar-refractivity contribution in [2.45, 2.75) is 52.0 Å². The van der Waals surface area contributed by atoms with Crippen LogP contribution < -0.4 is 0 Å². The van der Waals surface area contributed by atoms with Gasteiger partial charge in [-0.25, -0.2) is 0 Å². The lowest BCUT2D eigenvalue weighted by molar-refractivity contribution is -0.125. The topological polar surface area (TPSA) is 20.3 Å². The van der Waals surface area contributed by atoms with Crippen molar-refractivity contribution in [2.24, 2.45) is 5.92 Å². The van der Waals surface area contributed by atoms with Crippen LogP contribution in [0.1, 0.15) is 46.0 Å². The fourth-order valence-electron chi connectivity index (χ4n) is 1.98. The molecule has 0 aromatic heterocycles. The van der Waals surface area contributed by atoms with E-state index >= 15 is 0 Å².